The summed E-state index contributed by atoms with van der Waals surface area (Å²) in [5, 5.41) is 7.96. The smallest absolute Gasteiger partial charge is 0.246 e. The average molecular weight is 481 g/mol. The predicted molar refractivity (Wildman–Crippen MR) is 131 cm³/mol. The zero-order valence-corrected chi connectivity index (χ0v) is 20.2. The number of nitrogens with one attached hydrogen (secondary N) is 1. The van der Waals surface area contributed by atoms with Crippen LogP contribution in [0, 0.1) is 19.8 Å². The van der Waals surface area contributed by atoms with Crippen molar-refractivity contribution < 1.29 is 14.0 Å². The number of amides is 2. The van der Waals surface area contributed by atoms with Gasteiger partial charge in [0.15, 0.2) is 0 Å². The molecule has 0 unspecified atom stereocenters. The first-order chi connectivity index (χ1) is 16.4. The van der Waals surface area contributed by atoms with Crippen LogP contribution in [0.25, 0.3) is 6.08 Å². The molecular formula is C26H29ClN4O3. The Balaban J connectivity index is 1.30. The highest BCUT2D eigenvalue weighted by atomic mass is 35.5. The molecule has 1 aromatic carbocycles. The molecule has 34 heavy (non-hydrogen) atoms. The summed E-state index contributed by atoms with van der Waals surface area (Å²) in [6.45, 7) is 5.97. The Kier molecular flexibility index (Phi) is 7.53. The van der Waals surface area contributed by atoms with Crippen LogP contribution < -0.4 is 5.32 Å². The molecule has 1 saturated heterocycles. The van der Waals surface area contributed by atoms with Crippen LogP contribution in [0.4, 0.5) is 0 Å². The average Bonchev–Trinajstić information content (AvgIpc) is 3.45. The van der Waals surface area contributed by atoms with Gasteiger partial charge in [0.25, 0.3) is 0 Å². The molecule has 7 nitrogen and oxygen atoms in total. The molecule has 2 amide bonds. The van der Waals surface area contributed by atoms with Crippen molar-refractivity contribution >= 4 is 29.5 Å². The van der Waals surface area contributed by atoms with Crippen molar-refractivity contribution in [2.24, 2.45) is 5.92 Å². The lowest BCUT2D eigenvalue weighted by Crippen LogP contribution is -2.42. The number of piperidine rings is 1. The molecule has 1 N–H and O–H groups in total. The van der Waals surface area contributed by atoms with E-state index < -0.39 is 0 Å². The number of nitrogens with zero attached hydrogens (tertiary/aromatic N) is 3. The number of hydrogen-bond acceptors (Lipinski definition) is 4. The Morgan fingerprint density at radius 1 is 1.18 bits per heavy atom. The maximum Gasteiger partial charge on any atom is 0.246 e. The van der Waals surface area contributed by atoms with Crippen LogP contribution in [0.2, 0.25) is 5.15 Å². The zero-order valence-electron chi connectivity index (χ0n) is 19.5. The van der Waals surface area contributed by atoms with Crippen molar-refractivity contribution in [3.05, 3.63) is 82.0 Å². The van der Waals surface area contributed by atoms with Gasteiger partial charge < -0.3 is 14.6 Å². The molecule has 3 aromatic rings. The normalized spacial score (nSPS) is 14.6. The number of carbonyl (C=O) groups is 2. The van der Waals surface area contributed by atoms with Gasteiger partial charge in [-0.05, 0) is 50.5 Å². The lowest BCUT2D eigenvalue weighted by atomic mass is 9.96. The number of benzene rings is 1. The van der Waals surface area contributed by atoms with Gasteiger partial charge in [-0.3, -0.25) is 9.59 Å². The summed E-state index contributed by atoms with van der Waals surface area (Å²) in [5.74, 6) is 0.542. The summed E-state index contributed by atoms with van der Waals surface area (Å²) in [6, 6.07) is 11.9. The first-order valence-corrected chi connectivity index (χ1v) is 11.8. The Morgan fingerprint density at radius 2 is 1.91 bits per heavy atom. The lowest BCUT2D eigenvalue weighted by molar-refractivity contribution is -0.132. The van der Waals surface area contributed by atoms with Crippen LogP contribution in [0.15, 0.2) is 53.2 Å². The highest BCUT2D eigenvalue weighted by molar-refractivity contribution is 6.31. The van der Waals surface area contributed by atoms with Gasteiger partial charge in [-0.1, -0.05) is 41.4 Å². The molecule has 0 aliphatic carbocycles. The molecule has 2 aromatic heterocycles. The van der Waals surface area contributed by atoms with E-state index in [0.717, 1.165) is 22.6 Å². The van der Waals surface area contributed by atoms with E-state index in [-0.39, 0.29) is 17.7 Å². The molecule has 0 spiro atoms. The van der Waals surface area contributed by atoms with Crippen LogP contribution in [0.5, 0.6) is 0 Å². The molecule has 0 radical (unpaired) electrons. The number of aryl methyl sites for hydroxylation is 2. The second kappa shape index (κ2) is 10.7. The number of aromatic nitrogens is 2. The number of carbonyl (C=O) groups excluding carboxylic acids is 2. The maximum absolute atomic E-state index is 12.7. The third-order valence-corrected chi connectivity index (χ3v) is 6.55. The van der Waals surface area contributed by atoms with Gasteiger partial charge in [0, 0.05) is 30.6 Å². The Morgan fingerprint density at radius 3 is 2.59 bits per heavy atom. The molecule has 178 valence electrons. The Hall–Kier alpha value is -3.32. The first kappa shape index (κ1) is 23.8. The van der Waals surface area contributed by atoms with Crippen molar-refractivity contribution in [2.75, 3.05) is 13.1 Å². The summed E-state index contributed by atoms with van der Waals surface area (Å²) < 4.78 is 6.99. The van der Waals surface area contributed by atoms with E-state index in [1.54, 1.807) is 34.1 Å². The van der Waals surface area contributed by atoms with Crippen molar-refractivity contribution in [1.29, 1.82) is 0 Å². The molecule has 4 rings (SSSR count). The SMILES string of the molecule is Cc1ccc(Cn2nc(C)c(/C=C/C(=O)N3CCC(C(=O)NCc4ccco4)CC3)c2Cl)cc1. The fourth-order valence-corrected chi connectivity index (χ4v) is 4.38. The van der Waals surface area contributed by atoms with E-state index in [0.29, 0.717) is 44.2 Å². The van der Waals surface area contributed by atoms with E-state index in [9.17, 15) is 9.59 Å². The minimum atomic E-state index is -0.0975. The minimum absolute atomic E-state index is 0.00226. The van der Waals surface area contributed by atoms with Crippen LogP contribution in [0.1, 0.15) is 41.0 Å². The molecule has 3 heterocycles. The molecular weight excluding hydrogens is 452 g/mol. The third-order valence-electron chi connectivity index (χ3n) is 6.15. The first-order valence-electron chi connectivity index (χ1n) is 11.5. The van der Waals surface area contributed by atoms with Crippen molar-refractivity contribution in [2.45, 2.75) is 39.8 Å². The highest BCUT2D eigenvalue weighted by Gasteiger charge is 2.26. The van der Waals surface area contributed by atoms with E-state index in [2.05, 4.69) is 41.6 Å². The van der Waals surface area contributed by atoms with E-state index >= 15 is 0 Å². The Bertz CT molecular complexity index is 1160. The second-order valence-corrected chi connectivity index (χ2v) is 9.02. The maximum atomic E-state index is 12.7. The van der Waals surface area contributed by atoms with E-state index in [1.807, 2.05) is 13.0 Å². The highest BCUT2D eigenvalue weighted by Crippen LogP contribution is 2.23. The van der Waals surface area contributed by atoms with Crippen molar-refractivity contribution in [1.82, 2.24) is 20.0 Å². The molecule has 8 heteroatoms. The molecule has 1 aliphatic rings. The molecule has 1 fully saturated rings. The van der Waals surface area contributed by atoms with E-state index in [1.165, 1.54) is 5.56 Å². The van der Waals surface area contributed by atoms with Gasteiger partial charge in [-0.15, -0.1) is 0 Å². The van der Waals surface area contributed by atoms with Crippen LogP contribution in [-0.2, 0) is 22.7 Å². The molecule has 0 saturated carbocycles. The summed E-state index contributed by atoms with van der Waals surface area (Å²) in [7, 11) is 0. The second-order valence-electron chi connectivity index (χ2n) is 8.66. The standard InChI is InChI=1S/C26H29ClN4O3/c1-18-5-7-20(8-6-18)17-31-25(27)23(19(2)29-31)9-10-24(32)30-13-11-21(12-14-30)26(33)28-16-22-4-3-15-34-22/h3-10,15,21H,11-14,16-17H2,1-2H3,(H,28,33)/b10-9+. The molecule has 0 bridgehead atoms. The quantitative estimate of drug-likeness (QED) is 0.509. The van der Waals surface area contributed by atoms with Gasteiger partial charge in [-0.2, -0.15) is 5.10 Å². The minimum Gasteiger partial charge on any atom is -0.467 e. The largest absolute Gasteiger partial charge is 0.467 e. The van der Waals surface area contributed by atoms with Gasteiger partial charge >= 0.3 is 0 Å². The topological polar surface area (TPSA) is 80.4 Å². The number of furan rings is 1. The number of rotatable bonds is 7. The van der Waals surface area contributed by atoms with Gasteiger partial charge in [0.05, 0.1) is 25.0 Å². The summed E-state index contributed by atoms with van der Waals surface area (Å²) in [6.07, 6.45) is 6.14. The predicted octanol–water partition coefficient (Wildman–Crippen LogP) is 4.36. The fraction of sp³-hybridized carbons (Fsp3) is 0.346. The summed E-state index contributed by atoms with van der Waals surface area (Å²) >= 11 is 6.57. The Labute approximate surface area is 204 Å². The summed E-state index contributed by atoms with van der Waals surface area (Å²) in [5.41, 5.74) is 3.83. The fourth-order valence-electron chi connectivity index (χ4n) is 4.08. The number of hydrogen-bond donors (Lipinski definition) is 1. The number of halogens is 1. The third kappa shape index (κ3) is 5.78. The van der Waals surface area contributed by atoms with Crippen molar-refractivity contribution in [3.8, 4) is 0 Å². The van der Waals surface area contributed by atoms with Crippen LogP contribution in [-0.4, -0.2) is 39.6 Å². The van der Waals surface area contributed by atoms with Crippen LogP contribution in [0.3, 0.4) is 0 Å². The number of likely N-dealkylation sites (tertiary alicyclic amines) is 1. The van der Waals surface area contributed by atoms with E-state index in [4.69, 9.17) is 16.0 Å². The van der Waals surface area contributed by atoms with Gasteiger partial charge in [-0.25, -0.2) is 4.68 Å². The zero-order chi connectivity index (χ0) is 24.1. The molecule has 0 atom stereocenters. The van der Waals surface area contributed by atoms with Crippen molar-refractivity contribution in [3.63, 3.8) is 0 Å². The van der Waals surface area contributed by atoms with Crippen LogP contribution >= 0.6 is 11.6 Å². The summed E-state index contributed by atoms with van der Waals surface area (Å²) in [4.78, 5) is 26.9. The van der Waals surface area contributed by atoms with Gasteiger partial charge in [0.1, 0.15) is 10.9 Å². The molecule has 1 aliphatic heterocycles. The monoisotopic (exact) mass is 480 g/mol. The van der Waals surface area contributed by atoms with Gasteiger partial charge in [0.2, 0.25) is 11.8 Å². The lowest BCUT2D eigenvalue weighted by Gasteiger charge is -2.30.